The molecule has 3 heteroatoms. The molecule has 0 spiro atoms. The maximum Gasteiger partial charge on any atom is 0.148 e. The normalized spacial score (nSPS) is 8.67. The van der Waals surface area contributed by atoms with Crippen molar-refractivity contribution in [1.82, 2.24) is 4.98 Å². The van der Waals surface area contributed by atoms with Gasteiger partial charge in [-0.1, -0.05) is 5.92 Å². The Morgan fingerprint density at radius 1 is 1.75 bits per heavy atom. The lowest BCUT2D eigenvalue weighted by Crippen LogP contribution is -1.96. The molecule has 1 aromatic rings. The van der Waals surface area contributed by atoms with Gasteiger partial charge in [0.25, 0.3) is 0 Å². The molecule has 0 radical (unpaired) electrons. The van der Waals surface area contributed by atoms with Gasteiger partial charge < -0.3 is 10.1 Å². The molecule has 0 aliphatic heterocycles. The minimum atomic E-state index is 0.285. The van der Waals surface area contributed by atoms with Crippen LogP contribution in [0.2, 0.25) is 0 Å². The van der Waals surface area contributed by atoms with Gasteiger partial charge in [-0.2, -0.15) is 0 Å². The fourth-order valence-electron chi connectivity index (χ4n) is 0.763. The summed E-state index contributed by atoms with van der Waals surface area (Å²) in [7, 11) is 1.80. The van der Waals surface area contributed by atoms with Gasteiger partial charge >= 0.3 is 0 Å². The van der Waals surface area contributed by atoms with Gasteiger partial charge in [0.1, 0.15) is 18.2 Å². The van der Waals surface area contributed by atoms with E-state index in [1.165, 1.54) is 0 Å². The van der Waals surface area contributed by atoms with Crippen molar-refractivity contribution in [3.05, 3.63) is 18.3 Å². The van der Waals surface area contributed by atoms with E-state index < -0.39 is 0 Å². The maximum atomic E-state index is 5.18. The van der Waals surface area contributed by atoms with E-state index in [4.69, 9.17) is 11.2 Å². The highest BCUT2D eigenvalue weighted by Crippen LogP contribution is 2.13. The van der Waals surface area contributed by atoms with Crippen LogP contribution in [0.4, 0.5) is 5.82 Å². The number of rotatable bonds is 3. The number of hydrogen-bond donors (Lipinski definition) is 1. The van der Waals surface area contributed by atoms with E-state index >= 15 is 0 Å². The molecule has 62 valence electrons. The first-order valence-electron chi connectivity index (χ1n) is 3.57. The van der Waals surface area contributed by atoms with Crippen LogP contribution in [0.25, 0.3) is 0 Å². The third-order valence-electron chi connectivity index (χ3n) is 1.31. The standard InChI is InChI=1S/C9H10N2O/c1-3-6-12-8-4-5-11-9(7-8)10-2/h1,4-5,7H,6H2,2H3,(H,10,11). The van der Waals surface area contributed by atoms with Crippen LogP contribution in [0, 0.1) is 12.3 Å². The number of ether oxygens (including phenoxy) is 1. The largest absolute Gasteiger partial charge is 0.481 e. The lowest BCUT2D eigenvalue weighted by atomic mass is 10.4. The van der Waals surface area contributed by atoms with Crippen molar-refractivity contribution in [2.75, 3.05) is 19.0 Å². The lowest BCUT2D eigenvalue weighted by molar-refractivity contribution is 0.370. The van der Waals surface area contributed by atoms with E-state index in [0.29, 0.717) is 0 Å². The van der Waals surface area contributed by atoms with E-state index in [0.717, 1.165) is 11.6 Å². The quantitative estimate of drug-likeness (QED) is 0.676. The van der Waals surface area contributed by atoms with Crippen molar-refractivity contribution >= 4 is 5.82 Å². The molecule has 0 bridgehead atoms. The fraction of sp³-hybridized carbons (Fsp3) is 0.222. The molecule has 0 aliphatic rings. The number of hydrogen-bond acceptors (Lipinski definition) is 3. The zero-order valence-corrected chi connectivity index (χ0v) is 6.87. The smallest absolute Gasteiger partial charge is 0.148 e. The third-order valence-corrected chi connectivity index (χ3v) is 1.31. The summed E-state index contributed by atoms with van der Waals surface area (Å²) < 4.78 is 5.18. The van der Waals surface area contributed by atoms with Gasteiger partial charge in [0.15, 0.2) is 0 Å². The molecule has 0 fully saturated rings. The molecule has 1 heterocycles. The number of anilines is 1. The average Bonchev–Trinajstić information content (AvgIpc) is 2.15. The first kappa shape index (κ1) is 8.41. The van der Waals surface area contributed by atoms with Crippen LogP contribution in [-0.2, 0) is 0 Å². The molecule has 0 saturated heterocycles. The molecule has 0 aromatic carbocycles. The van der Waals surface area contributed by atoms with Gasteiger partial charge in [-0.05, 0) is 6.07 Å². The predicted octanol–water partition coefficient (Wildman–Crippen LogP) is 1.14. The second-order valence-electron chi connectivity index (χ2n) is 2.12. The Balaban J connectivity index is 2.67. The third kappa shape index (κ3) is 2.17. The summed E-state index contributed by atoms with van der Waals surface area (Å²) in [5, 5.41) is 2.90. The fourth-order valence-corrected chi connectivity index (χ4v) is 0.763. The monoisotopic (exact) mass is 162 g/mol. The Morgan fingerprint density at radius 2 is 2.58 bits per heavy atom. The van der Waals surface area contributed by atoms with Crippen molar-refractivity contribution in [3.8, 4) is 18.1 Å². The molecule has 3 nitrogen and oxygen atoms in total. The second kappa shape index (κ2) is 4.24. The summed E-state index contributed by atoms with van der Waals surface area (Å²) in [6, 6.07) is 3.55. The topological polar surface area (TPSA) is 34.1 Å². The van der Waals surface area contributed by atoms with E-state index in [1.54, 1.807) is 25.4 Å². The molecule has 0 amide bonds. The second-order valence-corrected chi connectivity index (χ2v) is 2.12. The van der Waals surface area contributed by atoms with Crippen molar-refractivity contribution < 1.29 is 4.74 Å². The highest BCUT2D eigenvalue weighted by Gasteiger charge is 1.93. The highest BCUT2D eigenvalue weighted by atomic mass is 16.5. The van der Waals surface area contributed by atoms with Crippen molar-refractivity contribution in [3.63, 3.8) is 0 Å². The number of nitrogens with one attached hydrogen (secondary N) is 1. The molecular formula is C9H10N2O. The Bertz CT molecular complexity index is 291. The van der Waals surface area contributed by atoms with Gasteiger partial charge in [0.2, 0.25) is 0 Å². The summed E-state index contributed by atoms with van der Waals surface area (Å²) >= 11 is 0. The number of pyridine rings is 1. The summed E-state index contributed by atoms with van der Waals surface area (Å²) in [4.78, 5) is 4.02. The summed E-state index contributed by atoms with van der Waals surface area (Å²) in [6.07, 6.45) is 6.71. The summed E-state index contributed by atoms with van der Waals surface area (Å²) in [6.45, 7) is 0.285. The van der Waals surface area contributed by atoms with Crippen molar-refractivity contribution in [2.24, 2.45) is 0 Å². The Kier molecular flexibility index (Phi) is 2.97. The van der Waals surface area contributed by atoms with Crippen LogP contribution in [-0.4, -0.2) is 18.6 Å². The Morgan fingerprint density at radius 3 is 3.25 bits per heavy atom. The van der Waals surface area contributed by atoms with Gasteiger partial charge in [0, 0.05) is 19.3 Å². The molecule has 0 saturated carbocycles. The van der Waals surface area contributed by atoms with Crippen LogP contribution in [0.1, 0.15) is 0 Å². The maximum absolute atomic E-state index is 5.18. The zero-order chi connectivity index (χ0) is 8.81. The molecule has 1 rings (SSSR count). The summed E-state index contributed by atoms with van der Waals surface area (Å²) in [5.74, 6) is 3.89. The van der Waals surface area contributed by atoms with E-state index in [2.05, 4.69) is 16.2 Å². The SMILES string of the molecule is C#CCOc1ccnc(NC)c1. The van der Waals surface area contributed by atoms with Gasteiger partial charge in [-0.25, -0.2) is 4.98 Å². The Hall–Kier alpha value is -1.69. The number of nitrogens with zero attached hydrogens (tertiary/aromatic N) is 1. The number of aromatic nitrogens is 1. The minimum Gasteiger partial charge on any atom is -0.481 e. The molecule has 0 aliphatic carbocycles. The van der Waals surface area contributed by atoms with E-state index in [1.807, 2.05) is 0 Å². The first-order valence-corrected chi connectivity index (χ1v) is 3.57. The molecule has 12 heavy (non-hydrogen) atoms. The van der Waals surface area contributed by atoms with Gasteiger partial charge in [-0.15, -0.1) is 6.42 Å². The first-order chi connectivity index (χ1) is 5.86. The predicted molar refractivity (Wildman–Crippen MR) is 48.1 cm³/mol. The lowest BCUT2D eigenvalue weighted by Gasteiger charge is -2.03. The molecule has 1 aromatic heterocycles. The van der Waals surface area contributed by atoms with E-state index in [-0.39, 0.29) is 6.61 Å². The Labute approximate surface area is 71.8 Å². The van der Waals surface area contributed by atoms with Gasteiger partial charge in [-0.3, -0.25) is 0 Å². The highest BCUT2D eigenvalue weighted by molar-refractivity contribution is 5.39. The minimum absolute atomic E-state index is 0.285. The molecule has 0 unspecified atom stereocenters. The number of terminal acetylenes is 1. The van der Waals surface area contributed by atoms with E-state index in [9.17, 15) is 0 Å². The average molecular weight is 162 g/mol. The van der Waals surface area contributed by atoms with Crippen molar-refractivity contribution in [2.45, 2.75) is 0 Å². The van der Waals surface area contributed by atoms with Crippen LogP contribution in [0.15, 0.2) is 18.3 Å². The van der Waals surface area contributed by atoms with Gasteiger partial charge in [0.05, 0.1) is 0 Å². The summed E-state index contributed by atoms with van der Waals surface area (Å²) in [5.41, 5.74) is 0. The molecule has 1 N–H and O–H groups in total. The molecule has 0 atom stereocenters. The van der Waals surface area contributed by atoms with Crippen LogP contribution >= 0.6 is 0 Å². The van der Waals surface area contributed by atoms with Crippen molar-refractivity contribution in [1.29, 1.82) is 0 Å². The molecular weight excluding hydrogens is 152 g/mol. The van der Waals surface area contributed by atoms with Crippen LogP contribution < -0.4 is 10.1 Å². The van der Waals surface area contributed by atoms with Crippen LogP contribution in [0.5, 0.6) is 5.75 Å². The van der Waals surface area contributed by atoms with Crippen LogP contribution in [0.3, 0.4) is 0 Å². The zero-order valence-electron chi connectivity index (χ0n) is 6.87.